The van der Waals surface area contributed by atoms with Crippen LogP contribution in [0.4, 0.5) is 5.82 Å². The first-order chi connectivity index (χ1) is 10.3. The highest BCUT2D eigenvalue weighted by Crippen LogP contribution is 2.17. The van der Waals surface area contributed by atoms with Gasteiger partial charge < -0.3 is 16.0 Å². The summed E-state index contributed by atoms with van der Waals surface area (Å²) in [5.41, 5.74) is 4.24. The Hall–Kier alpha value is -2.47. The molecule has 0 atom stereocenters. The molecule has 1 aliphatic heterocycles. The number of nitrogens with zero attached hydrogens (tertiary/aromatic N) is 2. The Balaban J connectivity index is 1.63. The van der Waals surface area contributed by atoms with Crippen LogP contribution >= 0.6 is 0 Å². The van der Waals surface area contributed by atoms with Crippen molar-refractivity contribution in [1.82, 2.24) is 20.8 Å². The van der Waals surface area contributed by atoms with Crippen molar-refractivity contribution >= 4 is 11.7 Å². The molecule has 0 unspecified atom stereocenters. The molecule has 108 valence electrons. The number of benzene rings is 1. The molecule has 0 fully saturated rings. The first-order valence-electron chi connectivity index (χ1n) is 6.87. The lowest BCUT2D eigenvalue weighted by Gasteiger charge is -2.07. The zero-order chi connectivity index (χ0) is 14.7. The van der Waals surface area contributed by atoms with Crippen LogP contribution in [0.25, 0.3) is 0 Å². The van der Waals surface area contributed by atoms with Gasteiger partial charge in [-0.15, -0.1) is 10.2 Å². The lowest BCUT2D eigenvalue weighted by Crippen LogP contribution is -2.19. The maximum atomic E-state index is 11.4. The summed E-state index contributed by atoms with van der Waals surface area (Å²) in [7, 11) is 1.57. The molecule has 6 heteroatoms. The summed E-state index contributed by atoms with van der Waals surface area (Å²) in [6.45, 7) is 2.57. The fourth-order valence-corrected chi connectivity index (χ4v) is 2.33. The predicted molar refractivity (Wildman–Crippen MR) is 79.7 cm³/mol. The molecule has 1 aromatic heterocycles. The summed E-state index contributed by atoms with van der Waals surface area (Å²) >= 11 is 0. The van der Waals surface area contributed by atoms with Crippen molar-refractivity contribution in [1.29, 1.82) is 0 Å². The number of rotatable bonds is 4. The quantitative estimate of drug-likeness (QED) is 0.781. The number of anilines is 1. The second kappa shape index (κ2) is 5.88. The third kappa shape index (κ3) is 3.00. The highest BCUT2D eigenvalue weighted by molar-refractivity contribution is 5.91. The van der Waals surface area contributed by atoms with Crippen molar-refractivity contribution in [2.24, 2.45) is 0 Å². The van der Waals surface area contributed by atoms with Gasteiger partial charge in [0.15, 0.2) is 5.69 Å². The lowest BCUT2D eigenvalue weighted by atomic mass is 10.1. The van der Waals surface area contributed by atoms with Gasteiger partial charge in [-0.1, -0.05) is 18.2 Å². The second-order valence-electron chi connectivity index (χ2n) is 4.94. The molecule has 2 aromatic rings. The molecule has 1 aromatic carbocycles. The average molecular weight is 283 g/mol. The highest BCUT2D eigenvalue weighted by Gasteiger charge is 2.10. The predicted octanol–water partition coefficient (Wildman–Crippen LogP) is 1.05. The molecule has 0 bridgehead atoms. The van der Waals surface area contributed by atoms with Crippen molar-refractivity contribution in [2.45, 2.75) is 19.6 Å². The minimum Gasteiger partial charge on any atom is -0.365 e. The first kappa shape index (κ1) is 13.5. The van der Waals surface area contributed by atoms with Gasteiger partial charge in [0.05, 0.1) is 0 Å². The third-order valence-corrected chi connectivity index (χ3v) is 3.50. The van der Waals surface area contributed by atoms with E-state index >= 15 is 0 Å². The van der Waals surface area contributed by atoms with Crippen LogP contribution in [0, 0.1) is 0 Å². The van der Waals surface area contributed by atoms with Crippen LogP contribution in [0.2, 0.25) is 0 Å². The molecule has 21 heavy (non-hydrogen) atoms. The topological polar surface area (TPSA) is 78.9 Å². The van der Waals surface area contributed by atoms with Gasteiger partial charge in [-0.05, 0) is 28.8 Å². The van der Waals surface area contributed by atoms with E-state index in [-0.39, 0.29) is 5.91 Å². The zero-order valence-electron chi connectivity index (χ0n) is 11.8. The normalized spacial score (nSPS) is 12.8. The van der Waals surface area contributed by atoms with Crippen LogP contribution in [0.1, 0.15) is 27.2 Å². The molecule has 0 spiro atoms. The molecule has 0 radical (unpaired) electrons. The summed E-state index contributed by atoms with van der Waals surface area (Å²) < 4.78 is 0. The van der Waals surface area contributed by atoms with E-state index in [1.54, 1.807) is 19.2 Å². The minimum atomic E-state index is -0.236. The fourth-order valence-electron chi connectivity index (χ4n) is 2.33. The summed E-state index contributed by atoms with van der Waals surface area (Å²) in [4.78, 5) is 11.4. The van der Waals surface area contributed by atoms with Crippen molar-refractivity contribution in [2.75, 3.05) is 12.4 Å². The Kier molecular flexibility index (Phi) is 3.79. The fraction of sp³-hybridized carbons (Fsp3) is 0.267. The van der Waals surface area contributed by atoms with Crippen LogP contribution < -0.4 is 16.0 Å². The summed E-state index contributed by atoms with van der Waals surface area (Å²) in [6, 6.07) is 9.89. The van der Waals surface area contributed by atoms with Crippen molar-refractivity contribution in [3.8, 4) is 0 Å². The van der Waals surface area contributed by atoms with E-state index in [0.717, 1.165) is 13.1 Å². The molecule has 0 saturated carbocycles. The number of amides is 1. The zero-order valence-corrected chi connectivity index (χ0v) is 11.8. The van der Waals surface area contributed by atoms with Crippen molar-refractivity contribution in [3.63, 3.8) is 0 Å². The van der Waals surface area contributed by atoms with Crippen LogP contribution in [-0.2, 0) is 19.6 Å². The van der Waals surface area contributed by atoms with Crippen molar-refractivity contribution in [3.05, 3.63) is 52.7 Å². The number of nitrogens with one attached hydrogen (secondary N) is 3. The Morgan fingerprint density at radius 3 is 2.81 bits per heavy atom. The summed E-state index contributed by atoms with van der Waals surface area (Å²) in [5, 5.41) is 16.9. The van der Waals surface area contributed by atoms with E-state index in [9.17, 15) is 4.79 Å². The molecular formula is C15H17N5O. The lowest BCUT2D eigenvalue weighted by molar-refractivity contribution is 0.0957. The third-order valence-electron chi connectivity index (χ3n) is 3.50. The van der Waals surface area contributed by atoms with Crippen LogP contribution in [0.15, 0.2) is 30.3 Å². The van der Waals surface area contributed by atoms with E-state index in [4.69, 9.17) is 0 Å². The minimum absolute atomic E-state index is 0.236. The van der Waals surface area contributed by atoms with Crippen LogP contribution in [0.3, 0.4) is 0 Å². The molecule has 0 aliphatic carbocycles. The average Bonchev–Trinajstić information content (AvgIpc) is 3.00. The molecule has 0 saturated heterocycles. The number of carbonyl (C=O) groups excluding carboxylic acids is 1. The Morgan fingerprint density at radius 2 is 2.05 bits per heavy atom. The Labute approximate surface area is 123 Å². The van der Waals surface area contributed by atoms with Gasteiger partial charge in [-0.3, -0.25) is 4.79 Å². The van der Waals surface area contributed by atoms with Gasteiger partial charge in [0.25, 0.3) is 5.91 Å². The molecule has 6 nitrogen and oxygen atoms in total. The Bertz CT molecular complexity index is 654. The van der Waals surface area contributed by atoms with E-state index in [1.807, 2.05) is 0 Å². The number of aromatic nitrogens is 2. The maximum Gasteiger partial charge on any atom is 0.271 e. The van der Waals surface area contributed by atoms with Gasteiger partial charge >= 0.3 is 0 Å². The molecule has 2 heterocycles. The molecular weight excluding hydrogens is 266 g/mol. The smallest absolute Gasteiger partial charge is 0.271 e. The van der Waals surface area contributed by atoms with E-state index in [2.05, 4.69) is 44.3 Å². The molecule has 3 rings (SSSR count). The van der Waals surface area contributed by atoms with Gasteiger partial charge in [-0.25, -0.2) is 0 Å². The van der Waals surface area contributed by atoms with Gasteiger partial charge in [0.1, 0.15) is 5.82 Å². The standard InChI is InChI=1S/C15H17N5O/c1-16-15(21)13-4-5-14(20-19-13)18-7-10-2-3-11-8-17-9-12(11)6-10/h2-6,17H,7-9H2,1H3,(H,16,21)(H,18,20). The van der Waals surface area contributed by atoms with Crippen molar-refractivity contribution < 1.29 is 4.79 Å². The SMILES string of the molecule is CNC(=O)c1ccc(NCc2ccc3c(c2)CNC3)nn1. The summed E-state index contributed by atoms with van der Waals surface area (Å²) in [5.74, 6) is 0.418. The van der Waals surface area contributed by atoms with Crippen LogP contribution in [0.5, 0.6) is 0 Å². The van der Waals surface area contributed by atoms with Crippen LogP contribution in [-0.4, -0.2) is 23.2 Å². The van der Waals surface area contributed by atoms with E-state index in [1.165, 1.54) is 16.7 Å². The monoisotopic (exact) mass is 283 g/mol. The molecule has 1 amide bonds. The maximum absolute atomic E-state index is 11.4. The molecule has 3 N–H and O–H groups in total. The van der Waals surface area contributed by atoms with Gasteiger partial charge in [0.2, 0.25) is 0 Å². The molecule has 1 aliphatic rings. The van der Waals surface area contributed by atoms with E-state index in [0.29, 0.717) is 18.1 Å². The number of carbonyl (C=O) groups is 1. The number of hydrogen-bond acceptors (Lipinski definition) is 5. The first-order valence-corrected chi connectivity index (χ1v) is 6.87. The highest BCUT2D eigenvalue weighted by atomic mass is 16.1. The largest absolute Gasteiger partial charge is 0.365 e. The van der Waals surface area contributed by atoms with Gasteiger partial charge in [0, 0.05) is 26.7 Å². The second-order valence-corrected chi connectivity index (χ2v) is 4.94. The van der Waals surface area contributed by atoms with Gasteiger partial charge in [-0.2, -0.15) is 0 Å². The number of hydrogen-bond donors (Lipinski definition) is 3. The number of fused-ring (bicyclic) bond motifs is 1. The summed E-state index contributed by atoms with van der Waals surface area (Å²) in [6.07, 6.45) is 0. The van der Waals surface area contributed by atoms with E-state index < -0.39 is 0 Å². The Morgan fingerprint density at radius 1 is 1.19 bits per heavy atom.